The van der Waals surface area contributed by atoms with Gasteiger partial charge in [0.05, 0.1) is 4.92 Å². The van der Waals surface area contributed by atoms with Crippen molar-refractivity contribution in [1.29, 1.82) is 0 Å². The lowest BCUT2D eigenvalue weighted by molar-refractivity contribution is -0.383. The predicted octanol–water partition coefficient (Wildman–Crippen LogP) is 2.36. The van der Waals surface area contributed by atoms with Crippen LogP contribution in [0, 0.1) is 22.0 Å². The van der Waals surface area contributed by atoms with Crippen molar-refractivity contribution in [3.63, 3.8) is 0 Å². The van der Waals surface area contributed by atoms with Gasteiger partial charge in [-0.3, -0.25) is 14.9 Å². The third-order valence-corrected chi connectivity index (χ3v) is 3.98. The lowest BCUT2D eigenvalue weighted by atomic mass is 10.0. The van der Waals surface area contributed by atoms with E-state index in [0.29, 0.717) is 23.1 Å². The van der Waals surface area contributed by atoms with Crippen molar-refractivity contribution in [2.45, 2.75) is 13.8 Å². The zero-order valence-electron chi connectivity index (χ0n) is 11.9. The van der Waals surface area contributed by atoms with E-state index < -0.39 is 4.92 Å². The standard InChI is InChI=1S/C14H19N3O3/c1-9-7-16(8-10(9)2)14(18)11-4-5-13(17(19)20)12(6-11)15-3/h4-6,9-10,15H,7-8H2,1-3H3. The van der Waals surface area contributed by atoms with Crippen molar-refractivity contribution < 1.29 is 9.72 Å². The monoisotopic (exact) mass is 277 g/mol. The average Bonchev–Trinajstić information content (AvgIpc) is 2.77. The second-order valence-electron chi connectivity index (χ2n) is 5.40. The number of rotatable bonds is 3. The number of nitrogens with one attached hydrogen (secondary N) is 1. The van der Waals surface area contributed by atoms with Crippen molar-refractivity contribution in [3.8, 4) is 0 Å². The minimum absolute atomic E-state index is 0.0211. The highest BCUT2D eigenvalue weighted by molar-refractivity contribution is 5.96. The maximum atomic E-state index is 12.4. The number of likely N-dealkylation sites (tertiary alicyclic amines) is 1. The van der Waals surface area contributed by atoms with Crippen molar-refractivity contribution >= 4 is 17.3 Å². The van der Waals surface area contributed by atoms with Gasteiger partial charge in [-0.1, -0.05) is 13.8 Å². The third kappa shape index (κ3) is 2.59. The van der Waals surface area contributed by atoms with Crippen molar-refractivity contribution in [1.82, 2.24) is 4.90 Å². The van der Waals surface area contributed by atoms with E-state index >= 15 is 0 Å². The Morgan fingerprint density at radius 3 is 2.45 bits per heavy atom. The van der Waals surface area contributed by atoms with E-state index in [0.717, 1.165) is 13.1 Å². The summed E-state index contributed by atoms with van der Waals surface area (Å²) in [6, 6.07) is 4.45. The summed E-state index contributed by atoms with van der Waals surface area (Å²) in [6.07, 6.45) is 0. The van der Waals surface area contributed by atoms with Crippen LogP contribution in [0.25, 0.3) is 0 Å². The topological polar surface area (TPSA) is 75.5 Å². The van der Waals surface area contributed by atoms with Gasteiger partial charge in [0.15, 0.2) is 0 Å². The van der Waals surface area contributed by atoms with Gasteiger partial charge in [0, 0.05) is 31.8 Å². The number of hydrogen-bond acceptors (Lipinski definition) is 4. The molecule has 108 valence electrons. The quantitative estimate of drug-likeness (QED) is 0.679. The van der Waals surface area contributed by atoms with Crippen molar-refractivity contribution in [2.75, 3.05) is 25.5 Å². The predicted molar refractivity (Wildman–Crippen MR) is 76.9 cm³/mol. The van der Waals surface area contributed by atoms with Crippen LogP contribution in [0.15, 0.2) is 18.2 Å². The largest absolute Gasteiger partial charge is 0.383 e. The van der Waals surface area contributed by atoms with E-state index in [4.69, 9.17) is 0 Å². The van der Waals surface area contributed by atoms with Crippen LogP contribution in [0.5, 0.6) is 0 Å². The van der Waals surface area contributed by atoms with Gasteiger partial charge in [0.1, 0.15) is 5.69 Å². The Bertz CT molecular complexity index is 534. The Balaban J connectivity index is 2.25. The molecule has 2 unspecified atom stereocenters. The number of nitro groups is 1. The first-order valence-electron chi connectivity index (χ1n) is 6.69. The molecule has 1 heterocycles. The number of nitro benzene ring substituents is 1. The summed E-state index contributed by atoms with van der Waals surface area (Å²) in [4.78, 5) is 24.6. The van der Waals surface area contributed by atoms with Crippen LogP contribution in [0.4, 0.5) is 11.4 Å². The lowest BCUT2D eigenvalue weighted by Crippen LogP contribution is -2.28. The Labute approximate surface area is 117 Å². The average molecular weight is 277 g/mol. The molecule has 0 spiro atoms. The molecule has 0 radical (unpaired) electrons. The second kappa shape index (κ2) is 5.48. The molecular formula is C14H19N3O3. The molecule has 1 aromatic carbocycles. The van der Waals surface area contributed by atoms with Crippen molar-refractivity contribution in [2.24, 2.45) is 11.8 Å². The minimum atomic E-state index is -0.458. The highest BCUT2D eigenvalue weighted by atomic mass is 16.6. The van der Waals surface area contributed by atoms with E-state index in [9.17, 15) is 14.9 Å². The first-order valence-corrected chi connectivity index (χ1v) is 6.69. The molecule has 6 nitrogen and oxygen atoms in total. The molecule has 2 atom stereocenters. The normalized spacial score (nSPS) is 21.9. The molecular weight excluding hydrogens is 258 g/mol. The summed E-state index contributed by atoms with van der Waals surface area (Å²) in [5, 5.41) is 13.6. The van der Waals surface area contributed by atoms with Crippen LogP contribution in [0.1, 0.15) is 24.2 Å². The lowest BCUT2D eigenvalue weighted by Gasteiger charge is -2.16. The first kappa shape index (κ1) is 14.3. The Morgan fingerprint density at radius 2 is 1.95 bits per heavy atom. The third-order valence-electron chi connectivity index (χ3n) is 3.98. The molecule has 1 saturated heterocycles. The summed E-state index contributed by atoms with van der Waals surface area (Å²) >= 11 is 0. The molecule has 1 aliphatic rings. The summed E-state index contributed by atoms with van der Waals surface area (Å²) in [5.41, 5.74) is 0.828. The molecule has 1 aromatic rings. The number of benzene rings is 1. The zero-order chi connectivity index (χ0) is 14.9. The van der Waals surface area contributed by atoms with Gasteiger partial charge in [0.2, 0.25) is 0 Å². The number of anilines is 1. The van der Waals surface area contributed by atoms with Crippen molar-refractivity contribution in [3.05, 3.63) is 33.9 Å². The Morgan fingerprint density at radius 1 is 1.35 bits per heavy atom. The van der Waals surface area contributed by atoms with Crippen LogP contribution < -0.4 is 5.32 Å². The fraction of sp³-hybridized carbons (Fsp3) is 0.500. The van der Waals surface area contributed by atoms with Gasteiger partial charge >= 0.3 is 0 Å². The minimum Gasteiger partial charge on any atom is -0.383 e. The van der Waals surface area contributed by atoms with Gasteiger partial charge in [-0.2, -0.15) is 0 Å². The van der Waals surface area contributed by atoms with Gasteiger partial charge < -0.3 is 10.2 Å². The SMILES string of the molecule is CNc1cc(C(=O)N2CC(C)C(C)C2)ccc1[N+](=O)[O-]. The maximum Gasteiger partial charge on any atom is 0.292 e. The van der Waals surface area contributed by atoms with Gasteiger partial charge in [-0.25, -0.2) is 0 Å². The maximum absolute atomic E-state index is 12.4. The number of carbonyl (C=O) groups is 1. The number of hydrogen-bond donors (Lipinski definition) is 1. The van der Waals surface area contributed by atoms with Gasteiger partial charge in [-0.05, 0) is 24.0 Å². The van der Waals surface area contributed by atoms with Gasteiger partial charge in [0.25, 0.3) is 11.6 Å². The first-order chi connectivity index (χ1) is 9.43. The smallest absolute Gasteiger partial charge is 0.292 e. The molecule has 0 bridgehead atoms. The van der Waals surface area contributed by atoms with Crippen LogP contribution >= 0.6 is 0 Å². The summed E-state index contributed by atoms with van der Waals surface area (Å²) in [5.74, 6) is 0.911. The molecule has 0 aliphatic carbocycles. The van der Waals surface area contributed by atoms with E-state index in [2.05, 4.69) is 19.2 Å². The molecule has 2 rings (SSSR count). The van der Waals surface area contributed by atoms with E-state index in [1.807, 2.05) is 4.90 Å². The Kier molecular flexibility index (Phi) is 3.92. The summed E-state index contributed by atoms with van der Waals surface area (Å²) < 4.78 is 0. The van der Waals surface area contributed by atoms with E-state index in [1.54, 1.807) is 13.1 Å². The fourth-order valence-electron chi connectivity index (χ4n) is 2.51. The number of carbonyl (C=O) groups excluding carboxylic acids is 1. The van der Waals surface area contributed by atoms with Crippen LogP contribution in [0.3, 0.4) is 0 Å². The zero-order valence-corrected chi connectivity index (χ0v) is 11.9. The van der Waals surface area contributed by atoms with Crippen LogP contribution in [-0.2, 0) is 0 Å². The van der Waals surface area contributed by atoms with Gasteiger partial charge in [-0.15, -0.1) is 0 Å². The fourth-order valence-corrected chi connectivity index (χ4v) is 2.51. The molecule has 1 amide bonds. The molecule has 6 heteroatoms. The van der Waals surface area contributed by atoms with E-state index in [1.165, 1.54) is 12.1 Å². The highest BCUT2D eigenvalue weighted by Gasteiger charge is 2.30. The molecule has 0 aromatic heterocycles. The van der Waals surface area contributed by atoms with E-state index in [-0.39, 0.29) is 11.6 Å². The summed E-state index contributed by atoms with van der Waals surface area (Å²) in [7, 11) is 1.61. The second-order valence-corrected chi connectivity index (χ2v) is 5.40. The number of nitrogens with zero attached hydrogens (tertiary/aromatic N) is 2. The molecule has 1 N–H and O–H groups in total. The summed E-state index contributed by atoms with van der Waals surface area (Å²) in [6.45, 7) is 5.75. The van der Waals surface area contributed by atoms with Crippen LogP contribution in [0.2, 0.25) is 0 Å². The molecule has 1 fully saturated rings. The highest BCUT2D eigenvalue weighted by Crippen LogP contribution is 2.28. The molecule has 1 aliphatic heterocycles. The number of amides is 1. The molecule has 20 heavy (non-hydrogen) atoms. The van der Waals surface area contributed by atoms with Crippen LogP contribution in [-0.4, -0.2) is 35.9 Å². The Hall–Kier alpha value is -2.11. The molecule has 0 saturated carbocycles.